The molecule has 5 nitrogen and oxygen atoms in total. The van der Waals surface area contributed by atoms with Crippen molar-refractivity contribution in [3.63, 3.8) is 0 Å². The predicted octanol–water partition coefficient (Wildman–Crippen LogP) is 1.03. The summed E-state index contributed by atoms with van der Waals surface area (Å²) in [5, 5.41) is 0. The van der Waals surface area contributed by atoms with Crippen molar-refractivity contribution < 1.29 is 13.2 Å². The standard InChI is InChI=1S/C9H12F3N5/c10-9(11,12)5-1-2-17(4-5)7-3-6(13)15-8(14)16-7/h3,5H,1-2,4H2,(H4,13,14,15,16). The molecular weight excluding hydrogens is 235 g/mol. The van der Waals surface area contributed by atoms with Crippen LogP contribution in [0.15, 0.2) is 6.07 Å². The topological polar surface area (TPSA) is 81.1 Å². The van der Waals surface area contributed by atoms with Crippen LogP contribution in [0.4, 0.5) is 30.8 Å². The second-order valence-electron chi connectivity index (χ2n) is 3.98. The van der Waals surface area contributed by atoms with E-state index in [1.807, 2.05) is 0 Å². The van der Waals surface area contributed by atoms with Crippen LogP contribution >= 0.6 is 0 Å². The zero-order chi connectivity index (χ0) is 12.6. The first kappa shape index (κ1) is 11.7. The summed E-state index contributed by atoms with van der Waals surface area (Å²) >= 11 is 0. The molecule has 0 spiro atoms. The molecule has 1 unspecified atom stereocenters. The number of alkyl halides is 3. The summed E-state index contributed by atoms with van der Waals surface area (Å²) < 4.78 is 37.5. The van der Waals surface area contributed by atoms with Gasteiger partial charge in [0, 0.05) is 19.2 Å². The minimum absolute atomic E-state index is 0.0320. The van der Waals surface area contributed by atoms with E-state index in [0.717, 1.165) is 0 Å². The van der Waals surface area contributed by atoms with Crippen LogP contribution < -0.4 is 16.4 Å². The van der Waals surface area contributed by atoms with Crippen molar-refractivity contribution in [2.45, 2.75) is 12.6 Å². The van der Waals surface area contributed by atoms with Gasteiger partial charge in [0.1, 0.15) is 11.6 Å². The number of nitrogens with two attached hydrogens (primary N) is 2. The molecule has 0 aliphatic carbocycles. The van der Waals surface area contributed by atoms with Gasteiger partial charge >= 0.3 is 6.18 Å². The van der Waals surface area contributed by atoms with Gasteiger partial charge in [0.05, 0.1) is 5.92 Å². The Hall–Kier alpha value is -1.73. The molecule has 1 aromatic heterocycles. The van der Waals surface area contributed by atoms with Crippen LogP contribution in [-0.2, 0) is 0 Å². The lowest BCUT2D eigenvalue weighted by molar-refractivity contribution is -0.168. The first-order chi connectivity index (χ1) is 7.86. The Morgan fingerprint density at radius 1 is 1.29 bits per heavy atom. The number of nitrogens with zero attached hydrogens (tertiary/aromatic N) is 3. The molecule has 1 saturated heterocycles. The number of nitrogen functional groups attached to an aromatic ring is 2. The second kappa shape index (κ2) is 3.94. The summed E-state index contributed by atoms with van der Waals surface area (Å²) in [6, 6.07) is 1.43. The average Bonchev–Trinajstić information content (AvgIpc) is 2.63. The van der Waals surface area contributed by atoms with Crippen molar-refractivity contribution >= 4 is 17.6 Å². The minimum Gasteiger partial charge on any atom is -0.383 e. The maximum atomic E-state index is 12.5. The third kappa shape index (κ3) is 2.51. The third-order valence-electron chi connectivity index (χ3n) is 2.72. The molecule has 17 heavy (non-hydrogen) atoms. The molecule has 2 rings (SSSR count). The molecule has 1 aliphatic rings. The first-order valence-electron chi connectivity index (χ1n) is 5.08. The third-order valence-corrected chi connectivity index (χ3v) is 2.72. The van der Waals surface area contributed by atoms with E-state index in [4.69, 9.17) is 11.5 Å². The van der Waals surface area contributed by atoms with E-state index >= 15 is 0 Å². The van der Waals surface area contributed by atoms with Gasteiger partial charge in [-0.1, -0.05) is 0 Å². The lowest BCUT2D eigenvalue weighted by atomic mass is 10.1. The van der Waals surface area contributed by atoms with Gasteiger partial charge in [0.15, 0.2) is 0 Å². The quantitative estimate of drug-likeness (QED) is 0.774. The lowest BCUT2D eigenvalue weighted by Gasteiger charge is -2.19. The highest BCUT2D eigenvalue weighted by Gasteiger charge is 2.43. The molecule has 1 aliphatic heterocycles. The average molecular weight is 247 g/mol. The van der Waals surface area contributed by atoms with Crippen molar-refractivity contribution in [2.24, 2.45) is 5.92 Å². The lowest BCUT2D eigenvalue weighted by Crippen LogP contribution is -2.28. The van der Waals surface area contributed by atoms with Gasteiger partial charge in [-0.2, -0.15) is 23.1 Å². The normalized spacial score (nSPS) is 20.9. The zero-order valence-electron chi connectivity index (χ0n) is 8.91. The number of aromatic nitrogens is 2. The van der Waals surface area contributed by atoms with E-state index in [-0.39, 0.29) is 24.7 Å². The minimum atomic E-state index is -4.17. The molecule has 0 saturated carbocycles. The molecule has 4 N–H and O–H groups in total. The number of anilines is 3. The summed E-state index contributed by atoms with van der Waals surface area (Å²) in [7, 11) is 0. The molecule has 0 radical (unpaired) electrons. The maximum absolute atomic E-state index is 12.5. The molecule has 1 fully saturated rings. The Morgan fingerprint density at radius 2 is 2.00 bits per heavy atom. The fourth-order valence-corrected chi connectivity index (χ4v) is 1.87. The molecule has 2 heterocycles. The van der Waals surface area contributed by atoms with Crippen LogP contribution in [0.3, 0.4) is 0 Å². The highest BCUT2D eigenvalue weighted by Crippen LogP contribution is 2.35. The van der Waals surface area contributed by atoms with Crippen LogP contribution in [0.25, 0.3) is 0 Å². The van der Waals surface area contributed by atoms with E-state index in [9.17, 15) is 13.2 Å². The van der Waals surface area contributed by atoms with Gasteiger partial charge in [0.25, 0.3) is 0 Å². The fourth-order valence-electron chi connectivity index (χ4n) is 1.87. The Kier molecular flexibility index (Phi) is 2.72. The summed E-state index contributed by atoms with van der Waals surface area (Å²) in [6.07, 6.45) is -4.10. The van der Waals surface area contributed by atoms with E-state index < -0.39 is 12.1 Å². The van der Waals surface area contributed by atoms with E-state index in [1.54, 1.807) is 0 Å². The number of hydrogen-bond donors (Lipinski definition) is 2. The van der Waals surface area contributed by atoms with E-state index in [1.165, 1.54) is 11.0 Å². The summed E-state index contributed by atoms with van der Waals surface area (Å²) in [4.78, 5) is 9.07. The predicted molar refractivity (Wildman–Crippen MR) is 57.2 cm³/mol. The smallest absolute Gasteiger partial charge is 0.383 e. The molecule has 1 aromatic rings. The van der Waals surface area contributed by atoms with Crippen molar-refractivity contribution in [3.8, 4) is 0 Å². The largest absolute Gasteiger partial charge is 0.393 e. The van der Waals surface area contributed by atoms with Crippen molar-refractivity contribution in [1.29, 1.82) is 0 Å². The van der Waals surface area contributed by atoms with Gasteiger partial charge in [-0.15, -0.1) is 0 Å². The van der Waals surface area contributed by atoms with Crippen LogP contribution in [0.5, 0.6) is 0 Å². The van der Waals surface area contributed by atoms with E-state index in [0.29, 0.717) is 12.4 Å². The number of rotatable bonds is 1. The molecule has 94 valence electrons. The van der Waals surface area contributed by atoms with Gasteiger partial charge in [0.2, 0.25) is 5.95 Å². The Bertz CT molecular complexity index is 399. The highest BCUT2D eigenvalue weighted by atomic mass is 19.4. The first-order valence-corrected chi connectivity index (χ1v) is 5.08. The second-order valence-corrected chi connectivity index (χ2v) is 3.98. The molecule has 0 aromatic carbocycles. The SMILES string of the molecule is Nc1cc(N2CCC(C(F)(F)F)C2)nc(N)n1. The molecular formula is C9H12F3N5. The van der Waals surface area contributed by atoms with E-state index in [2.05, 4.69) is 9.97 Å². The summed E-state index contributed by atoms with van der Waals surface area (Å²) in [5.74, 6) is -0.847. The van der Waals surface area contributed by atoms with Crippen LogP contribution in [0.2, 0.25) is 0 Å². The Labute approximate surface area is 95.6 Å². The van der Waals surface area contributed by atoms with Gasteiger partial charge < -0.3 is 16.4 Å². The molecule has 0 amide bonds. The summed E-state index contributed by atoms with van der Waals surface area (Å²) in [6.45, 7) is 0.180. The van der Waals surface area contributed by atoms with Crippen LogP contribution in [0.1, 0.15) is 6.42 Å². The van der Waals surface area contributed by atoms with Crippen LogP contribution in [-0.4, -0.2) is 29.2 Å². The molecule has 8 heteroatoms. The maximum Gasteiger partial charge on any atom is 0.393 e. The van der Waals surface area contributed by atoms with Gasteiger partial charge in [-0.05, 0) is 6.42 Å². The van der Waals surface area contributed by atoms with Crippen molar-refractivity contribution in [3.05, 3.63) is 6.07 Å². The molecule has 0 bridgehead atoms. The Balaban J connectivity index is 2.15. The molecule has 1 atom stereocenters. The number of halogens is 3. The van der Waals surface area contributed by atoms with Gasteiger partial charge in [-0.3, -0.25) is 0 Å². The van der Waals surface area contributed by atoms with Crippen molar-refractivity contribution in [2.75, 3.05) is 29.5 Å². The van der Waals surface area contributed by atoms with Crippen molar-refractivity contribution in [1.82, 2.24) is 9.97 Å². The Morgan fingerprint density at radius 3 is 2.53 bits per heavy atom. The fraction of sp³-hybridized carbons (Fsp3) is 0.556. The highest BCUT2D eigenvalue weighted by molar-refractivity contribution is 5.51. The monoisotopic (exact) mass is 247 g/mol. The summed E-state index contributed by atoms with van der Waals surface area (Å²) in [5.41, 5.74) is 10.9. The zero-order valence-corrected chi connectivity index (χ0v) is 8.91. The van der Waals surface area contributed by atoms with Gasteiger partial charge in [-0.25, -0.2) is 0 Å². The van der Waals surface area contributed by atoms with Crippen LogP contribution in [0, 0.1) is 5.92 Å². The number of hydrogen-bond acceptors (Lipinski definition) is 5.